The summed E-state index contributed by atoms with van der Waals surface area (Å²) >= 11 is 2.10. The zero-order valence-electron chi connectivity index (χ0n) is 16.3. The number of hydrogen-bond acceptors (Lipinski definition) is 4. The Morgan fingerprint density at radius 2 is 1.70 bits per heavy atom. The third-order valence-electron chi connectivity index (χ3n) is 4.39. The van der Waals surface area contributed by atoms with Crippen molar-refractivity contribution in [3.63, 3.8) is 0 Å². The lowest BCUT2D eigenvalue weighted by Gasteiger charge is -2.10. The molecule has 0 aliphatic carbocycles. The standard InChI is InChI=1S/C22H21IN2O4S/c1-29-21-12-7-17(15-20(21)23)22(26)25-18-8-10-19(11-9-18)30(27,28)24-14-13-16-5-3-2-4-6-16/h2-12,15,24H,13-14H2,1H3,(H,25,26). The lowest BCUT2D eigenvalue weighted by molar-refractivity contribution is 0.102. The van der Waals surface area contributed by atoms with Gasteiger partial charge >= 0.3 is 0 Å². The quantitative estimate of drug-likeness (QED) is 0.426. The number of anilines is 1. The monoisotopic (exact) mass is 536 g/mol. The van der Waals surface area contributed by atoms with E-state index in [9.17, 15) is 13.2 Å². The number of amides is 1. The van der Waals surface area contributed by atoms with Crippen LogP contribution in [-0.2, 0) is 16.4 Å². The van der Waals surface area contributed by atoms with Crippen molar-refractivity contribution in [1.29, 1.82) is 0 Å². The predicted molar refractivity (Wildman–Crippen MR) is 125 cm³/mol. The molecular formula is C22H21IN2O4S. The highest BCUT2D eigenvalue weighted by Gasteiger charge is 2.14. The average molecular weight is 536 g/mol. The third-order valence-corrected chi connectivity index (χ3v) is 6.70. The minimum Gasteiger partial charge on any atom is -0.496 e. The summed E-state index contributed by atoms with van der Waals surface area (Å²) < 4.78 is 33.5. The third kappa shape index (κ3) is 5.80. The van der Waals surface area contributed by atoms with Crippen LogP contribution in [0.15, 0.2) is 77.7 Å². The Bertz CT molecular complexity index is 1120. The Kier molecular flexibility index (Phi) is 7.46. The van der Waals surface area contributed by atoms with Gasteiger partial charge in [-0.3, -0.25) is 4.79 Å². The van der Waals surface area contributed by atoms with Crippen LogP contribution in [-0.4, -0.2) is 28.0 Å². The van der Waals surface area contributed by atoms with Gasteiger partial charge in [-0.05, 0) is 77.0 Å². The second-order valence-corrected chi connectivity index (χ2v) is 9.39. The molecule has 0 aliphatic rings. The zero-order valence-corrected chi connectivity index (χ0v) is 19.2. The Morgan fingerprint density at radius 1 is 1.00 bits per heavy atom. The smallest absolute Gasteiger partial charge is 0.255 e. The van der Waals surface area contributed by atoms with E-state index in [4.69, 9.17) is 4.74 Å². The van der Waals surface area contributed by atoms with Crippen molar-refractivity contribution in [2.75, 3.05) is 19.0 Å². The lowest BCUT2D eigenvalue weighted by Crippen LogP contribution is -2.26. The largest absolute Gasteiger partial charge is 0.496 e. The number of rotatable bonds is 8. The Morgan fingerprint density at radius 3 is 2.33 bits per heavy atom. The van der Waals surface area contributed by atoms with E-state index >= 15 is 0 Å². The van der Waals surface area contributed by atoms with Crippen LogP contribution in [0, 0.1) is 3.57 Å². The fourth-order valence-electron chi connectivity index (χ4n) is 2.79. The molecule has 0 atom stereocenters. The van der Waals surface area contributed by atoms with Gasteiger partial charge in [0.2, 0.25) is 10.0 Å². The van der Waals surface area contributed by atoms with Gasteiger partial charge in [-0.25, -0.2) is 13.1 Å². The van der Waals surface area contributed by atoms with Crippen molar-refractivity contribution >= 4 is 44.2 Å². The van der Waals surface area contributed by atoms with Gasteiger partial charge < -0.3 is 10.1 Å². The van der Waals surface area contributed by atoms with Gasteiger partial charge in [0.15, 0.2) is 0 Å². The first-order chi connectivity index (χ1) is 14.4. The number of halogens is 1. The van der Waals surface area contributed by atoms with Crippen molar-refractivity contribution in [2.24, 2.45) is 0 Å². The van der Waals surface area contributed by atoms with E-state index in [0.717, 1.165) is 9.13 Å². The van der Waals surface area contributed by atoms with Crippen LogP contribution in [0.4, 0.5) is 5.69 Å². The molecule has 0 bridgehead atoms. The molecule has 3 aromatic rings. The van der Waals surface area contributed by atoms with Gasteiger partial charge in [-0.1, -0.05) is 30.3 Å². The van der Waals surface area contributed by atoms with Crippen molar-refractivity contribution < 1.29 is 17.9 Å². The molecule has 156 valence electrons. The summed E-state index contributed by atoms with van der Waals surface area (Å²) in [6.07, 6.45) is 0.606. The summed E-state index contributed by atoms with van der Waals surface area (Å²) in [5, 5.41) is 2.77. The highest BCUT2D eigenvalue weighted by Crippen LogP contribution is 2.22. The fourth-order valence-corrected chi connectivity index (χ4v) is 4.55. The molecule has 8 heteroatoms. The number of methoxy groups -OCH3 is 1. The van der Waals surface area contributed by atoms with E-state index in [-0.39, 0.29) is 10.8 Å². The maximum absolute atomic E-state index is 12.5. The topological polar surface area (TPSA) is 84.5 Å². The van der Waals surface area contributed by atoms with Crippen molar-refractivity contribution in [3.05, 3.63) is 87.5 Å². The van der Waals surface area contributed by atoms with Crippen LogP contribution >= 0.6 is 22.6 Å². The number of benzene rings is 3. The first-order valence-corrected chi connectivity index (χ1v) is 11.7. The molecule has 0 unspecified atom stereocenters. The van der Waals surface area contributed by atoms with Crippen LogP contribution in [0.5, 0.6) is 5.75 Å². The van der Waals surface area contributed by atoms with E-state index in [1.165, 1.54) is 12.1 Å². The molecule has 2 N–H and O–H groups in total. The summed E-state index contributed by atoms with van der Waals surface area (Å²) in [7, 11) is -2.05. The lowest BCUT2D eigenvalue weighted by atomic mass is 10.2. The molecule has 30 heavy (non-hydrogen) atoms. The maximum Gasteiger partial charge on any atom is 0.255 e. The summed E-state index contributed by atoms with van der Waals surface area (Å²) in [6, 6.07) is 20.9. The summed E-state index contributed by atoms with van der Waals surface area (Å²) in [6.45, 7) is 0.306. The van der Waals surface area contributed by atoms with Gasteiger partial charge in [-0.2, -0.15) is 0 Å². The number of carbonyl (C=O) groups is 1. The minimum absolute atomic E-state index is 0.146. The maximum atomic E-state index is 12.5. The highest BCUT2D eigenvalue weighted by molar-refractivity contribution is 14.1. The van der Waals surface area contributed by atoms with Crippen LogP contribution in [0.1, 0.15) is 15.9 Å². The molecular weight excluding hydrogens is 515 g/mol. The summed E-state index contributed by atoms with van der Waals surface area (Å²) in [5.41, 5.74) is 2.06. The van der Waals surface area contributed by atoms with Gasteiger partial charge in [0.1, 0.15) is 5.75 Å². The first-order valence-electron chi connectivity index (χ1n) is 9.17. The van der Waals surface area contributed by atoms with Crippen LogP contribution < -0.4 is 14.8 Å². The van der Waals surface area contributed by atoms with E-state index in [1.807, 2.05) is 30.3 Å². The summed E-state index contributed by atoms with van der Waals surface area (Å²) in [4.78, 5) is 12.6. The second-order valence-electron chi connectivity index (χ2n) is 6.46. The zero-order chi connectivity index (χ0) is 21.6. The van der Waals surface area contributed by atoms with Crippen molar-refractivity contribution in [3.8, 4) is 5.75 Å². The van der Waals surface area contributed by atoms with Gasteiger partial charge in [0.25, 0.3) is 5.91 Å². The molecule has 6 nitrogen and oxygen atoms in total. The molecule has 3 rings (SSSR count). The molecule has 0 aromatic heterocycles. The van der Waals surface area contributed by atoms with Crippen molar-refractivity contribution in [2.45, 2.75) is 11.3 Å². The summed E-state index contributed by atoms with van der Waals surface area (Å²) in [5.74, 6) is 0.411. The number of ether oxygens (including phenoxy) is 1. The van der Waals surface area contributed by atoms with Crippen LogP contribution in [0.2, 0.25) is 0 Å². The van der Waals surface area contributed by atoms with E-state index in [1.54, 1.807) is 37.4 Å². The average Bonchev–Trinajstić information content (AvgIpc) is 2.74. The van der Waals surface area contributed by atoms with E-state index in [0.29, 0.717) is 30.0 Å². The molecule has 3 aromatic carbocycles. The number of sulfonamides is 1. The second kappa shape index (κ2) is 10.1. The minimum atomic E-state index is -3.62. The molecule has 0 radical (unpaired) electrons. The highest BCUT2D eigenvalue weighted by atomic mass is 127. The molecule has 0 fully saturated rings. The van der Waals surface area contributed by atoms with Crippen LogP contribution in [0.3, 0.4) is 0 Å². The first kappa shape index (κ1) is 22.3. The SMILES string of the molecule is COc1ccc(C(=O)Nc2ccc(S(=O)(=O)NCCc3ccccc3)cc2)cc1I. The molecule has 1 amide bonds. The van der Waals surface area contributed by atoms with Gasteiger partial charge in [0.05, 0.1) is 15.6 Å². The normalized spacial score (nSPS) is 11.1. The number of hydrogen-bond donors (Lipinski definition) is 2. The van der Waals surface area contributed by atoms with E-state index in [2.05, 4.69) is 32.6 Å². The van der Waals surface area contributed by atoms with Gasteiger partial charge in [-0.15, -0.1) is 0 Å². The fraction of sp³-hybridized carbons (Fsp3) is 0.136. The molecule has 0 saturated heterocycles. The molecule has 0 saturated carbocycles. The number of nitrogens with one attached hydrogen (secondary N) is 2. The predicted octanol–water partition coefficient (Wildman–Crippen LogP) is 4.07. The number of carbonyl (C=O) groups excluding carboxylic acids is 1. The molecule has 0 spiro atoms. The Labute approximate surface area is 189 Å². The Balaban J connectivity index is 1.61. The van der Waals surface area contributed by atoms with E-state index < -0.39 is 10.0 Å². The van der Waals surface area contributed by atoms with Crippen molar-refractivity contribution in [1.82, 2.24) is 4.72 Å². The van der Waals surface area contributed by atoms with Gasteiger partial charge in [0, 0.05) is 17.8 Å². The molecule has 0 heterocycles. The van der Waals surface area contributed by atoms with Crippen LogP contribution in [0.25, 0.3) is 0 Å². The Hall–Kier alpha value is -2.43. The molecule has 0 aliphatic heterocycles.